The minimum atomic E-state index is -0.146. The normalized spacial score (nSPS) is 27.2. The zero-order valence-electron chi connectivity index (χ0n) is 9.91. The largest absolute Gasteiger partial charge is 0.459 e. The molecule has 1 saturated carbocycles. The van der Waals surface area contributed by atoms with Gasteiger partial charge in [0.1, 0.15) is 0 Å². The second-order valence-corrected chi connectivity index (χ2v) is 5.12. The van der Waals surface area contributed by atoms with Gasteiger partial charge < -0.3 is 15.5 Å². The first-order valence-corrected chi connectivity index (χ1v) is 5.53. The van der Waals surface area contributed by atoms with Gasteiger partial charge in [-0.2, -0.15) is 0 Å². The molecular weight excluding hydrogens is 204 g/mol. The predicted octanol–water partition coefficient (Wildman–Crippen LogP) is 1.44. The van der Waals surface area contributed by atoms with Gasteiger partial charge in [-0.25, -0.2) is 0 Å². The molecule has 4 nitrogen and oxygen atoms in total. The fraction of sp³-hybridized carbons (Fsp3) is 0.583. The number of rotatable bonds is 2. The molecule has 0 spiro atoms. The number of carbonyl (C=O) groups is 1. The van der Waals surface area contributed by atoms with E-state index in [9.17, 15) is 4.79 Å². The first kappa shape index (κ1) is 11.2. The van der Waals surface area contributed by atoms with E-state index >= 15 is 0 Å². The molecule has 2 atom stereocenters. The third-order valence-electron chi connectivity index (χ3n) is 3.72. The zero-order chi connectivity index (χ0) is 11.9. The molecule has 2 rings (SSSR count). The van der Waals surface area contributed by atoms with Crippen LogP contribution in [0.15, 0.2) is 16.7 Å². The van der Waals surface area contributed by atoms with Crippen LogP contribution in [0.5, 0.6) is 0 Å². The Labute approximate surface area is 95.2 Å². The summed E-state index contributed by atoms with van der Waals surface area (Å²) in [6.45, 7) is 6.00. The van der Waals surface area contributed by atoms with Gasteiger partial charge in [-0.15, -0.1) is 0 Å². The van der Waals surface area contributed by atoms with Gasteiger partial charge in [-0.05, 0) is 19.4 Å². The van der Waals surface area contributed by atoms with E-state index in [1.54, 1.807) is 6.07 Å². The average molecular weight is 222 g/mol. The van der Waals surface area contributed by atoms with Crippen molar-refractivity contribution < 1.29 is 9.21 Å². The van der Waals surface area contributed by atoms with Crippen molar-refractivity contribution in [3.63, 3.8) is 0 Å². The molecule has 3 N–H and O–H groups in total. The predicted molar refractivity (Wildman–Crippen MR) is 61.1 cm³/mol. The SMILES string of the molecule is Cc1ccoc1C(=O)NC1CC(N)C1(C)C. The molecule has 1 heterocycles. The van der Waals surface area contributed by atoms with E-state index in [1.807, 2.05) is 6.92 Å². The Bertz CT molecular complexity index is 409. The van der Waals surface area contributed by atoms with E-state index in [0.717, 1.165) is 12.0 Å². The molecule has 0 aromatic carbocycles. The Hall–Kier alpha value is -1.29. The number of nitrogens with one attached hydrogen (secondary N) is 1. The van der Waals surface area contributed by atoms with Crippen molar-refractivity contribution in [1.29, 1.82) is 0 Å². The summed E-state index contributed by atoms with van der Waals surface area (Å²) in [5.74, 6) is 0.253. The van der Waals surface area contributed by atoms with Crippen LogP contribution in [-0.4, -0.2) is 18.0 Å². The van der Waals surface area contributed by atoms with Crippen LogP contribution in [0.3, 0.4) is 0 Å². The number of furan rings is 1. The second-order valence-electron chi connectivity index (χ2n) is 5.12. The van der Waals surface area contributed by atoms with E-state index in [-0.39, 0.29) is 23.4 Å². The van der Waals surface area contributed by atoms with Crippen molar-refractivity contribution >= 4 is 5.91 Å². The molecule has 0 saturated heterocycles. The molecule has 0 bridgehead atoms. The lowest BCUT2D eigenvalue weighted by molar-refractivity contribution is 0.0568. The van der Waals surface area contributed by atoms with Gasteiger partial charge in [0.05, 0.1) is 6.26 Å². The number of hydrogen-bond donors (Lipinski definition) is 2. The highest BCUT2D eigenvalue weighted by molar-refractivity contribution is 5.93. The van der Waals surface area contributed by atoms with Crippen LogP contribution < -0.4 is 11.1 Å². The molecule has 0 radical (unpaired) electrons. The summed E-state index contributed by atoms with van der Waals surface area (Å²) < 4.78 is 5.15. The van der Waals surface area contributed by atoms with Crippen LogP contribution in [0.2, 0.25) is 0 Å². The van der Waals surface area contributed by atoms with Gasteiger partial charge in [0.2, 0.25) is 0 Å². The van der Waals surface area contributed by atoms with Crippen LogP contribution in [0.4, 0.5) is 0 Å². The van der Waals surface area contributed by atoms with Crippen molar-refractivity contribution in [2.75, 3.05) is 0 Å². The molecule has 0 aliphatic heterocycles. The molecule has 1 aromatic rings. The number of hydrogen-bond acceptors (Lipinski definition) is 3. The Morgan fingerprint density at radius 1 is 1.62 bits per heavy atom. The summed E-state index contributed by atoms with van der Waals surface area (Å²) in [6.07, 6.45) is 2.36. The van der Waals surface area contributed by atoms with Crippen molar-refractivity contribution in [3.05, 3.63) is 23.7 Å². The summed E-state index contributed by atoms with van der Waals surface area (Å²) in [5, 5.41) is 2.97. The summed E-state index contributed by atoms with van der Waals surface area (Å²) in [5.41, 5.74) is 6.72. The summed E-state index contributed by atoms with van der Waals surface area (Å²) in [4.78, 5) is 11.9. The molecule has 88 valence electrons. The molecular formula is C12H18N2O2. The maximum absolute atomic E-state index is 11.9. The topological polar surface area (TPSA) is 68.3 Å². The third kappa shape index (κ3) is 1.63. The van der Waals surface area contributed by atoms with Crippen molar-refractivity contribution in [3.8, 4) is 0 Å². The van der Waals surface area contributed by atoms with Crippen LogP contribution in [0.25, 0.3) is 0 Å². The molecule has 16 heavy (non-hydrogen) atoms. The van der Waals surface area contributed by atoms with Crippen LogP contribution in [-0.2, 0) is 0 Å². The fourth-order valence-corrected chi connectivity index (χ4v) is 2.03. The highest BCUT2D eigenvalue weighted by atomic mass is 16.3. The average Bonchev–Trinajstić information content (AvgIpc) is 2.64. The monoisotopic (exact) mass is 222 g/mol. The Balaban J connectivity index is 2.02. The van der Waals surface area contributed by atoms with Gasteiger partial charge in [-0.3, -0.25) is 4.79 Å². The third-order valence-corrected chi connectivity index (χ3v) is 3.72. The quantitative estimate of drug-likeness (QED) is 0.795. The van der Waals surface area contributed by atoms with Crippen molar-refractivity contribution in [2.45, 2.75) is 39.3 Å². The Morgan fingerprint density at radius 2 is 2.31 bits per heavy atom. The number of carbonyl (C=O) groups excluding carboxylic acids is 1. The van der Waals surface area contributed by atoms with E-state index < -0.39 is 0 Å². The lowest BCUT2D eigenvalue weighted by Crippen LogP contribution is -2.64. The number of amides is 1. The highest BCUT2D eigenvalue weighted by Gasteiger charge is 2.46. The maximum Gasteiger partial charge on any atom is 0.287 e. The molecule has 2 unspecified atom stereocenters. The molecule has 4 heteroatoms. The van der Waals surface area contributed by atoms with Crippen LogP contribution >= 0.6 is 0 Å². The number of nitrogens with two attached hydrogens (primary N) is 1. The standard InChI is InChI=1S/C12H18N2O2/c1-7-4-5-16-10(7)11(15)14-9-6-8(13)12(9,2)3/h4-5,8-9H,6,13H2,1-3H3,(H,14,15). The minimum absolute atomic E-state index is 0.0316. The van der Waals surface area contributed by atoms with Crippen molar-refractivity contribution in [1.82, 2.24) is 5.32 Å². The van der Waals surface area contributed by atoms with Gasteiger partial charge >= 0.3 is 0 Å². The molecule has 1 fully saturated rings. The minimum Gasteiger partial charge on any atom is -0.459 e. The zero-order valence-corrected chi connectivity index (χ0v) is 9.91. The van der Waals surface area contributed by atoms with E-state index in [4.69, 9.17) is 10.2 Å². The van der Waals surface area contributed by atoms with E-state index in [0.29, 0.717) is 5.76 Å². The van der Waals surface area contributed by atoms with E-state index in [1.165, 1.54) is 6.26 Å². The van der Waals surface area contributed by atoms with Gasteiger partial charge in [0.15, 0.2) is 5.76 Å². The summed E-state index contributed by atoms with van der Waals surface area (Å²) in [7, 11) is 0. The fourth-order valence-electron chi connectivity index (χ4n) is 2.03. The number of aryl methyl sites for hydroxylation is 1. The summed E-state index contributed by atoms with van der Waals surface area (Å²) >= 11 is 0. The molecule has 1 aromatic heterocycles. The second kappa shape index (κ2) is 3.63. The molecule has 1 aliphatic rings. The Kier molecular flexibility index (Phi) is 2.54. The smallest absolute Gasteiger partial charge is 0.287 e. The van der Waals surface area contributed by atoms with E-state index in [2.05, 4.69) is 19.2 Å². The molecule has 1 amide bonds. The van der Waals surface area contributed by atoms with Gasteiger partial charge in [0, 0.05) is 23.1 Å². The first-order chi connectivity index (χ1) is 7.43. The van der Waals surface area contributed by atoms with Crippen LogP contribution in [0, 0.1) is 12.3 Å². The lowest BCUT2D eigenvalue weighted by atomic mass is 9.63. The van der Waals surface area contributed by atoms with Gasteiger partial charge in [0.25, 0.3) is 5.91 Å². The van der Waals surface area contributed by atoms with Crippen LogP contribution in [0.1, 0.15) is 36.4 Å². The first-order valence-electron chi connectivity index (χ1n) is 5.53. The lowest BCUT2D eigenvalue weighted by Gasteiger charge is -2.50. The van der Waals surface area contributed by atoms with Crippen molar-refractivity contribution in [2.24, 2.45) is 11.1 Å². The summed E-state index contributed by atoms with van der Waals surface area (Å²) in [6, 6.07) is 2.09. The molecule has 1 aliphatic carbocycles. The van der Waals surface area contributed by atoms with Gasteiger partial charge in [-0.1, -0.05) is 13.8 Å². The highest BCUT2D eigenvalue weighted by Crippen LogP contribution is 2.39. The Morgan fingerprint density at radius 3 is 2.75 bits per heavy atom. The maximum atomic E-state index is 11.9.